The minimum absolute atomic E-state index is 0.211. The van der Waals surface area contributed by atoms with Crippen LogP contribution in [0.5, 0.6) is 0 Å². The maximum atomic E-state index is 11.3. The molecule has 4 atom stereocenters. The normalized spacial score (nSPS) is 37.2. The molecule has 5 N–H and O–H groups in total. The average molecular weight is 281 g/mol. The molecule has 104 valence electrons. The van der Waals surface area contributed by atoms with E-state index < -0.39 is 38.7 Å². The fourth-order valence-corrected chi connectivity index (χ4v) is 3.16. The molecule has 18 heavy (non-hydrogen) atoms. The molecule has 8 nitrogen and oxygen atoms in total. The Morgan fingerprint density at radius 3 is 2.56 bits per heavy atom. The molecule has 0 saturated carbocycles. The third-order valence-electron chi connectivity index (χ3n) is 3.11. The molecule has 9 heteroatoms. The van der Waals surface area contributed by atoms with Gasteiger partial charge in [-0.1, -0.05) is 6.08 Å². The summed E-state index contributed by atoms with van der Waals surface area (Å²) in [6.07, 6.45) is -2.81. The van der Waals surface area contributed by atoms with Crippen LogP contribution < -0.4 is 0 Å². The third-order valence-corrected chi connectivity index (χ3v) is 4.15. The van der Waals surface area contributed by atoms with Gasteiger partial charge in [-0.05, 0) is 6.42 Å². The molecule has 1 saturated heterocycles. The molecular formula is C9H16NO7P. The molecule has 2 aliphatic heterocycles. The summed E-state index contributed by atoms with van der Waals surface area (Å²) in [6, 6.07) is 0. The second-order valence-corrected chi connectivity index (χ2v) is 5.86. The van der Waals surface area contributed by atoms with Crippen molar-refractivity contribution in [3.63, 3.8) is 0 Å². The van der Waals surface area contributed by atoms with Gasteiger partial charge in [-0.3, -0.25) is 4.57 Å². The van der Waals surface area contributed by atoms with Gasteiger partial charge in [-0.25, -0.2) is 0 Å². The summed E-state index contributed by atoms with van der Waals surface area (Å²) in [5.41, 5.74) is -0.211. The molecule has 0 aromatic rings. The summed E-state index contributed by atoms with van der Waals surface area (Å²) < 4.78 is 16.5. The van der Waals surface area contributed by atoms with E-state index in [-0.39, 0.29) is 12.0 Å². The van der Waals surface area contributed by atoms with Crippen molar-refractivity contribution >= 4 is 7.60 Å². The lowest BCUT2D eigenvalue weighted by atomic mass is 10.1. The molecule has 2 heterocycles. The van der Waals surface area contributed by atoms with Crippen molar-refractivity contribution < 1.29 is 34.4 Å². The first-order chi connectivity index (χ1) is 8.36. The van der Waals surface area contributed by atoms with E-state index in [0.717, 1.165) is 0 Å². The molecule has 0 radical (unpaired) electrons. The van der Waals surface area contributed by atoms with Gasteiger partial charge >= 0.3 is 7.60 Å². The number of rotatable bonds is 3. The largest absolute Gasteiger partial charge is 0.394 e. The van der Waals surface area contributed by atoms with Crippen LogP contribution in [0.4, 0.5) is 0 Å². The fourth-order valence-electron chi connectivity index (χ4n) is 2.25. The second-order valence-electron chi connectivity index (χ2n) is 4.32. The van der Waals surface area contributed by atoms with Crippen molar-refractivity contribution in [3.8, 4) is 0 Å². The first kappa shape index (κ1) is 14.0. The van der Waals surface area contributed by atoms with Gasteiger partial charge in [0.2, 0.25) is 0 Å². The Bertz CT molecular complexity index is 394. The van der Waals surface area contributed by atoms with E-state index in [1.54, 1.807) is 0 Å². The summed E-state index contributed by atoms with van der Waals surface area (Å²) in [5.74, 6) is 0. The second kappa shape index (κ2) is 4.90. The summed E-state index contributed by atoms with van der Waals surface area (Å²) in [5, 5.41) is 28.4. The predicted octanol–water partition coefficient (Wildman–Crippen LogP) is -1.85. The summed E-state index contributed by atoms with van der Waals surface area (Å²) >= 11 is 0. The van der Waals surface area contributed by atoms with E-state index in [0.29, 0.717) is 6.42 Å². The highest BCUT2D eigenvalue weighted by atomic mass is 31.2. The highest BCUT2D eigenvalue weighted by molar-refractivity contribution is 7.56. The number of nitrogens with zero attached hydrogens (tertiary/aromatic N) is 1. The Morgan fingerprint density at radius 1 is 1.39 bits per heavy atom. The molecule has 0 aliphatic carbocycles. The van der Waals surface area contributed by atoms with E-state index in [1.165, 1.54) is 11.0 Å². The van der Waals surface area contributed by atoms with Gasteiger partial charge in [0.1, 0.15) is 23.8 Å². The number of aliphatic hydroxyl groups is 3. The Labute approximate surface area is 103 Å². The standard InChI is InChI=1S/C9H16NO7P/c11-4-5-7(12)8(13)9(17-5)10-3-1-2-6(10)18(14,15)16/h2,5,7-9,11-13H,1,3-4H2,(H2,14,15,16)/t5-,7-,8-,9?/m1/s1. The van der Waals surface area contributed by atoms with Crippen LogP contribution >= 0.6 is 7.60 Å². The minimum atomic E-state index is -4.44. The molecule has 0 bridgehead atoms. The molecule has 0 spiro atoms. The summed E-state index contributed by atoms with van der Waals surface area (Å²) in [6.45, 7) is -0.190. The molecule has 1 fully saturated rings. The summed E-state index contributed by atoms with van der Waals surface area (Å²) in [7, 11) is -4.44. The predicted molar refractivity (Wildman–Crippen MR) is 59.2 cm³/mol. The van der Waals surface area contributed by atoms with Crippen molar-refractivity contribution in [3.05, 3.63) is 11.5 Å². The number of aliphatic hydroxyl groups excluding tert-OH is 3. The quantitative estimate of drug-likeness (QED) is 0.381. The van der Waals surface area contributed by atoms with Gasteiger partial charge in [0, 0.05) is 6.54 Å². The monoisotopic (exact) mass is 281 g/mol. The third kappa shape index (κ3) is 2.33. The maximum Gasteiger partial charge on any atom is 0.371 e. The Balaban J connectivity index is 2.18. The fraction of sp³-hybridized carbons (Fsp3) is 0.778. The van der Waals surface area contributed by atoms with Crippen LogP contribution in [-0.4, -0.2) is 67.7 Å². The van der Waals surface area contributed by atoms with Crippen molar-refractivity contribution in [1.82, 2.24) is 4.90 Å². The lowest BCUT2D eigenvalue weighted by Gasteiger charge is -2.30. The van der Waals surface area contributed by atoms with Gasteiger partial charge < -0.3 is 34.7 Å². The van der Waals surface area contributed by atoms with Gasteiger partial charge in [0.15, 0.2) is 6.23 Å². The van der Waals surface area contributed by atoms with E-state index in [1.807, 2.05) is 0 Å². The molecule has 0 aromatic carbocycles. The molecule has 0 aromatic heterocycles. The lowest BCUT2D eigenvalue weighted by molar-refractivity contribution is -0.0791. The van der Waals surface area contributed by atoms with Crippen LogP contribution in [0.1, 0.15) is 6.42 Å². The van der Waals surface area contributed by atoms with Crippen molar-refractivity contribution in [2.75, 3.05) is 13.2 Å². The van der Waals surface area contributed by atoms with Gasteiger partial charge in [0.05, 0.1) is 6.61 Å². The average Bonchev–Trinajstić information content (AvgIpc) is 2.85. The lowest BCUT2D eigenvalue weighted by Crippen LogP contribution is -2.42. The van der Waals surface area contributed by atoms with Crippen LogP contribution in [0.2, 0.25) is 0 Å². The van der Waals surface area contributed by atoms with Gasteiger partial charge in [0.25, 0.3) is 0 Å². The molecule has 2 rings (SSSR count). The van der Waals surface area contributed by atoms with Crippen molar-refractivity contribution in [2.45, 2.75) is 31.0 Å². The van der Waals surface area contributed by atoms with Crippen LogP contribution in [0.15, 0.2) is 11.5 Å². The Kier molecular flexibility index (Phi) is 3.80. The van der Waals surface area contributed by atoms with Crippen LogP contribution in [-0.2, 0) is 9.30 Å². The van der Waals surface area contributed by atoms with E-state index >= 15 is 0 Å². The zero-order valence-electron chi connectivity index (χ0n) is 9.46. The number of hydrogen-bond acceptors (Lipinski definition) is 6. The minimum Gasteiger partial charge on any atom is -0.394 e. The van der Waals surface area contributed by atoms with Crippen LogP contribution in [0, 0.1) is 0 Å². The first-order valence-corrected chi connectivity index (χ1v) is 7.13. The highest BCUT2D eigenvalue weighted by Crippen LogP contribution is 2.50. The van der Waals surface area contributed by atoms with Gasteiger partial charge in [-0.15, -0.1) is 0 Å². The van der Waals surface area contributed by atoms with E-state index in [9.17, 15) is 24.6 Å². The zero-order chi connectivity index (χ0) is 13.5. The van der Waals surface area contributed by atoms with Crippen LogP contribution in [0.3, 0.4) is 0 Å². The molecule has 1 unspecified atom stereocenters. The Morgan fingerprint density at radius 2 is 2.06 bits per heavy atom. The molecule has 0 amide bonds. The highest BCUT2D eigenvalue weighted by Gasteiger charge is 2.48. The van der Waals surface area contributed by atoms with Crippen molar-refractivity contribution in [1.29, 1.82) is 0 Å². The number of hydrogen-bond donors (Lipinski definition) is 5. The van der Waals surface area contributed by atoms with E-state index in [2.05, 4.69) is 0 Å². The number of ether oxygens (including phenoxy) is 1. The Hall–Kier alpha value is -0.470. The topological polar surface area (TPSA) is 131 Å². The zero-order valence-corrected chi connectivity index (χ0v) is 10.3. The SMILES string of the molecule is O=P(O)(O)C1=CCCN1C1O[C@H](CO)[C@@H](O)[C@H]1O. The van der Waals surface area contributed by atoms with E-state index in [4.69, 9.17) is 9.84 Å². The summed E-state index contributed by atoms with van der Waals surface area (Å²) in [4.78, 5) is 19.6. The maximum absolute atomic E-state index is 11.3. The molecule has 2 aliphatic rings. The van der Waals surface area contributed by atoms with Crippen LogP contribution in [0.25, 0.3) is 0 Å². The van der Waals surface area contributed by atoms with Gasteiger partial charge in [-0.2, -0.15) is 0 Å². The smallest absolute Gasteiger partial charge is 0.371 e. The first-order valence-electron chi connectivity index (χ1n) is 5.51. The van der Waals surface area contributed by atoms with Crippen molar-refractivity contribution in [2.24, 2.45) is 0 Å². The molecular weight excluding hydrogens is 265 g/mol.